The Bertz CT molecular complexity index is 661. The summed E-state index contributed by atoms with van der Waals surface area (Å²) >= 11 is 0. The van der Waals surface area contributed by atoms with E-state index >= 15 is 0 Å². The maximum atomic E-state index is 12.4. The van der Waals surface area contributed by atoms with Gasteiger partial charge in [-0.3, -0.25) is 4.79 Å². The second kappa shape index (κ2) is 5.29. The van der Waals surface area contributed by atoms with E-state index in [1.165, 1.54) is 30.0 Å². The van der Waals surface area contributed by atoms with Gasteiger partial charge < -0.3 is 14.4 Å². The van der Waals surface area contributed by atoms with Gasteiger partial charge in [0.1, 0.15) is 13.2 Å². The third kappa shape index (κ3) is 2.15. The zero-order valence-corrected chi connectivity index (χ0v) is 13.6. The highest BCUT2D eigenvalue weighted by atomic mass is 16.6. The van der Waals surface area contributed by atoms with Crippen LogP contribution >= 0.6 is 0 Å². The zero-order valence-electron chi connectivity index (χ0n) is 13.6. The smallest absolute Gasteiger partial charge is 0.246 e. The molecule has 0 N–H and O–H groups in total. The molecule has 1 aromatic carbocycles. The highest BCUT2D eigenvalue weighted by Gasteiger charge is 2.45. The van der Waals surface area contributed by atoms with Gasteiger partial charge in [0.15, 0.2) is 11.5 Å². The van der Waals surface area contributed by atoms with Crippen molar-refractivity contribution in [1.82, 2.24) is 4.90 Å². The molecule has 122 valence electrons. The fourth-order valence-corrected chi connectivity index (χ4v) is 4.49. The Morgan fingerprint density at radius 2 is 1.91 bits per heavy atom. The molecule has 4 nitrogen and oxygen atoms in total. The van der Waals surface area contributed by atoms with E-state index < -0.39 is 0 Å². The lowest BCUT2D eigenvalue weighted by molar-refractivity contribution is -0.129. The maximum Gasteiger partial charge on any atom is 0.246 e. The molecule has 4 heteroatoms. The van der Waals surface area contributed by atoms with Gasteiger partial charge in [0.25, 0.3) is 0 Å². The van der Waals surface area contributed by atoms with Crippen molar-refractivity contribution in [2.24, 2.45) is 0 Å². The van der Waals surface area contributed by atoms with Crippen molar-refractivity contribution in [2.45, 2.75) is 44.1 Å². The molecule has 1 atom stereocenters. The molecule has 4 rings (SSSR count). The van der Waals surface area contributed by atoms with E-state index in [0.29, 0.717) is 13.2 Å². The normalized spacial score (nSPS) is 24.4. The van der Waals surface area contributed by atoms with Crippen LogP contribution in [0.2, 0.25) is 0 Å². The van der Waals surface area contributed by atoms with Crippen molar-refractivity contribution >= 4 is 5.91 Å². The molecule has 1 fully saturated rings. The Morgan fingerprint density at radius 3 is 2.57 bits per heavy atom. The molecule has 0 radical (unpaired) electrons. The number of hydrogen-bond donors (Lipinski definition) is 0. The van der Waals surface area contributed by atoms with Gasteiger partial charge >= 0.3 is 0 Å². The summed E-state index contributed by atoms with van der Waals surface area (Å²) in [4.78, 5) is 14.3. The predicted molar refractivity (Wildman–Crippen MR) is 87.9 cm³/mol. The number of ether oxygens (including phenoxy) is 2. The molecule has 2 heterocycles. The van der Waals surface area contributed by atoms with Gasteiger partial charge in [-0.2, -0.15) is 0 Å². The fraction of sp³-hybridized carbons (Fsp3) is 0.526. The van der Waals surface area contributed by atoms with Crippen LogP contribution in [-0.4, -0.2) is 30.6 Å². The first-order valence-electron chi connectivity index (χ1n) is 8.52. The minimum Gasteiger partial charge on any atom is -0.486 e. The van der Waals surface area contributed by atoms with Gasteiger partial charge in [-0.05, 0) is 49.1 Å². The predicted octanol–water partition coefficient (Wildman–Crippen LogP) is 3.36. The van der Waals surface area contributed by atoms with Crippen LogP contribution in [0.1, 0.15) is 49.8 Å². The van der Waals surface area contributed by atoms with Crippen molar-refractivity contribution in [3.8, 4) is 11.5 Å². The third-order valence-electron chi connectivity index (χ3n) is 5.69. The first-order valence-corrected chi connectivity index (χ1v) is 8.52. The first kappa shape index (κ1) is 14.6. The molecular weight excluding hydrogens is 290 g/mol. The summed E-state index contributed by atoms with van der Waals surface area (Å²) in [7, 11) is 0. The average Bonchev–Trinajstić information content (AvgIpc) is 3.06. The number of fused-ring (bicyclic) bond motifs is 3. The molecule has 1 amide bonds. The average molecular weight is 313 g/mol. The van der Waals surface area contributed by atoms with E-state index in [0.717, 1.165) is 30.9 Å². The summed E-state index contributed by atoms with van der Waals surface area (Å²) in [6, 6.07) is 4.32. The number of hydrogen-bond acceptors (Lipinski definition) is 3. The Labute approximate surface area is 137 Å². The number of benzene rings is 1. The molecule has 1 saturated carbocycles. The van der Waals surface area contributed by atoms with Crippen LogP contribution in [0.4, 0.5) is 0 Å². The maximum absolute atomic E-state index is 12.4. The van der Waals surface area contributed by atoms with E-state index in [1.54, 1.807) is 0 Å². The number of carbonyl (C=O) groups is 1. The van der Waals surface area contributed by atoms with Crippen LogP contribution in [-0.2, 0) is 10.2 Å². The van der Waals surface area contributed by atoms with Gasteiger partial charge in [0.05, 0.1) is 6.04 Å². The standard InChI is InChI=1S/C19H23NO3/c1-3-18(21)20-12-19(6-4-5-7-19)15-11-17-16(22-8-9-23-17)10-14(15)13(20)2/h3,10-11,13H,1,4-9,12H2,2H3/t13-/m0/s1. The molecule has 0 saturated heterocycles. The van der Waals surface area contributed by atoms with Crippen molar-refractivity contribution in [2.75, 3.05) is 19.8 Å². The summed E-state index contributed by atoms with van der Waals surface area (Å²) in [6.07, 6.45) is 6.14. The molecule has 23 heavy (non-hydrogen) atoms. The van der Waals surface area contributed by atoms with Crippen LogP contribution in [0.3, 0.4) is 0 Å². The summed E-state index contributed by atoms with van der Waals surface area (Å²) in [5.74, 6) is 1.68. The number of carbonyl (C=O) groups excluding carboxylic acids is 1. The second-order valence-electron chi connectivity index (χ2n) is 6.92. The summed E-state index contributed by atoms with van der Waals surface area (Å²) < 4.78 is 11.6. The lowest BCUT2D eigenvalue weighted by Gasteiger charge is -2.46. The minimum absolute atomic E-state index is 0.0179. The zero-order chi connectivity index (χ0) is 16.0. The molecule has 1 spiro atoms. The van der Waals surface area contributed by atoms with Gasteiger partial charge in [0.2, 0.25) is 5.91 Å². The lowest BCUT2D eigenvalue weighted by atomic mass is 9.71. The van der Waals surface area contributed by atoms with Crippen LogP contribution in [0.15, 0.2) is 24.8 Å². The van der Waals surface area contributed by atoms with Crippen molar-refractivity contribution in [3.05, 3.63) is 35.9 Å². The summed E-state index contributed by atoms with van der Waals surface area (Å²) in [5, 5.41) is 0. The molecule has 0 bridgehead atoms. The molecule has 3 aliphatic rings. The van der Waals surface area contributed by atoms with E-state index in [2.05, 4.69) is 25.6 Å². The van der Waals surface area contributed by atoms with Crippen LogP contribution in [0.25, 0.3) is 0 Å². The number of rotatable bonds is 1. The Hall–Kier alpha value is -1.97. The highest BCUT2D eigenvalue weighted by Crippen LogP contribution is 2.51. The molecule has 2 aliphatic heterocycles. The SMILES string of the molecule is C=CC(=O)N1CC2(CCCC2)c2cc3c(cc2[C@@H]1C)OCCO3. The van der Waals surface area contributed by atoms with E-state index in [1.807, 2.05) is 4.90 Å². The van der Waals surface area contributed by atoms with Crippen LogP contribution in [0, 0.1) is 0 Å². The molecule has 0 aromatic heterocycles. The largest absolute Gasteiger partial charge is 0.486 e. The number of nitrogens with zero attached hydrogens (tertiary/aromatic N) is 1. The van der Waals surface area contributed by atoms with Crippen molar-refractivity contribution in [3.63, 3.8) is 0 Å². The molecule has 0 unspecified atom stereocenters. The topological polar surface area (TPSA) is 38.8 Å². The Morgan fingerprint density at radius 1 is 1.26 bits per heavy atom. The molecular formula is C19H23NO3. The Balaban J connectivity index is 1.87. The van der Waals surface area contributed by atoms with E-state index in [4.69, 9.17) is 9.47 Å². The second-order valence-corrected chi connectivity index (χ2v) is 6.92. The van der Waals surface area contributed by atoms with Gasteiger partial charge in [-0.25, -0.2) is 0 Å². The van der Waals surface area contributed by atoms with Crippen molar-refractivity contribution in [1.29, 1.82) is 0 Å². The summed E-state index contributed by atoms with van der Waals surface area (Å²) in [6.45, 7) is 7.74. The van der Waals surface area contributed by atoms with Crippen molar-refractivity contribution < 1.29 is 14.3 Å². The lowest BCUT2D eigenvalue weighted by Crippen LogP contribution is -2.48. The summed E-state index contributed by atoms with van der Waals surface area (Å²) in [5.41, 5.74) is 2.63. The van der Waals surface area contributed by atoms with E-state index in [9.17, 15) is 4.79 Å². The highest BCUT2D eigenvalue weighted by molar-refractivity contribution is 5.88. The van der Waals surface area contributed by atoms with E-state index in [-0.39, 0.29) is 17.4 Å². The first-order chi connectivity index (χ1) is 11.1. The van der Waals surface area contributed by atoms with Gasteiger partial charge in [-0.15, -0.1) is 0 Å². The fourth-order valence-electron chi connectivity index (χ4n) is 4.49. The van der Waals surface area contributed by atoms with Crippen LogP contribution < -0.4 is 9.47 Å². The molecule has 1 aromatic rings. The Kier molecular flexibility index (Phi) is 3.36. The monoisotopic (exact) mass is 313 g/mol. The molecule has 1 aliphatic carbocycles. The minimum atomic E-state index is 0.0179. The quantitative estimate of drug-likeness (QED) is 0.746. The third-order valence-corrected chi connectivity index (χ3v) is 5.69. The van der Waals surface area contributed by atoms with Gasteiger partial charge in [0, 0.05) is 12.0 Å². The number of amides is 1. The van der Waals surface area contributed by atoms with Crippen LogP contribution in [0.5, 0.6) is 11.5 Å². The van der Waals surface area contributed by atoms with Gasteiger partial charge in [-0.1, -0.05) is 19.4 Å².